The number of sulfonamides is 1. The van der Waals surface area contributed by atoms with Gasteiger partial charge in [0.2, 0.25) is 10.0 Å². The molecular weight excluding hydrogens is 370 g/mol. The largest absolute Gasteiger partial charge is 0.478 e. The Kier molecular flexibility index (Phi) is 5.60. The molecule has 0 aliphatic rings. The van der Waals surface area contributed by atoms with Crippen LogP contribution in [0.4, 0.5) is 0 Å². The Morgan fingerprint density at radius 1 is 1.50 bits per heavy atom. The average molecular weight is 385 g/mol. The molecule has 0 amide bonds. The average Bonchev–Trinajstić information content (AvgIpc) is 2.39. The molecule has 0 aliphatic heterocycles. The standard InChI is InChI=1S/C12H15BrClNO4S/c1-4-7(2)15(3)20(18,19)8-5-9(12(16)17)11(14)10(13)6-8/h5-7H,4H2,1-3H3,(H,16,17). The van der Waals surface area contributed by atoms with Crippen molar-refractivity contribution in [1.82, 2.24) is 4.31 Å². The van der Waals surface area contributed by atoms with Gasteiger partial charge in [-0.3, -0.25) is 0 Å². The summed E-state index contributed by atoms with van der Waals surface area (Å²) in [5, 5.41) is 9.04. The number of hydrogen-bond donors (Lipinski definition) is 1. The third kappa shape index (κ3) is 3.33. The minimum Gasteiger partial charge on any atom is -0.478 e. The third-order valence-electron chi connectivity index (χ3n) is 3.12. The molecule has 0 radical (unpaired) electrons. The van der Waals surface area contributed by atoms with Gasteiger partial charge in [0.1, 0.15) is 0 Å². The summed E-state index contributed by atoms with van der Waals surface area (Å²) in [5.74, 6) is -1.28. The lowest BCUT2D eigenvalue weighted by Crippen LogP contribution is -2.34. The molecule has 1 aromatic carbocycles. The fraction of sp³-hybridized carbons (Fsp3) is 0.417. The highest BCUT2D eigenvalue weighted by atomic mass is 79.9. The van der Waals surface area contributed by atoms with Gasteiger partial charge in [-0.25, -0.2) is 13.2 Å². The van der Waals surface area contributed by atoms with Crippen molar-refractivity contribution in [2.75, 3.05) is 7.05 Å². The summed E-state index contributed by atoms with van der Waals surface area (Å²) in [7, 11) is -2.30. The molecule has 5 nitrogen and oxygen atoms in total. The van der Waals surface area contributed by atoms with Gasteiger partial charge in [0.25, 0.3) is 0 Å². The molecule has 1 aromatic rings. The Balaban J connectivity index is 3.44. The van der Waals surface area contributed by atoms with Gasteiger partial charge in [-0.05, 0) is 41.4 Å². The minimum atomic E-state index is -3.76. The van der Waals surface area contributed by atoms with Crippen molar-refractivity contribution in [2.24, 2.45) is 0 Å². The van der Waals surface area contributed by atoms with Crippen molar-refractivity contribution < 1.29 is 18.3 Å². The van der Waals surface area contributed by atoms with Crippen molar-refractivity contribution >= 4 is 43.5 Å². The normalized spacial score (nSPS) is 13.5. The Labute approximate surface area is 131 Å². The highest BCUT2D eigenvalue weighted by molar-refractivity contribution is 9.10. The van der Waals surface area contributed by atoms with Gasteiger partial charge in [0.15, 0.2) is 0 Å². The maximum absolute atomic E-state index is 12.4. The molecule has 0 aromatic heterocycles. The highest BCUT2D eigenvalue weighted by Gasteiger charge is 2.27. The second-order valence-electron chi connectivity index (χ2n) is 4.35. The van der Waals surface area contributed by atoms with Gasteiger partial charge in [-0.1, -0.05) is 18.5 Å². The summed E-state index contributed by atoms with van der Waals surface area (Å²) in [6.07, 6.45) is 0.649. The second-order valence-corrected chi connectivity index (χ2v) is 7.58. The molecule has 0 aliphatic carbocycles. The monoisotopic (exact) mass is 383 g/mol. The number of nitrogens with zero attached hydrogens (tertiary/aromatic N) is 1. The third-order valence-corrected chi connectivity index (χ3v) is 6.33. The van der Waals surface area contributed by atoms with E-state index in [0.29, 0.717) is 6.42 Å². The minimum absolute atomic E-state index is 0.0253. The molecule has 0 heterocycles. The maximum Gasteiger partial charge on any atom is 0.337 e. The van der Waals surface area contributed by atoms with E-state index >= 15 is 0 Å². The number of aromatic carboxylic acids is 1. The lowest BCUT2D eigenvalue weighted by atomic mass is 10.2. The molecule has 0 bridgehead atoms. The maximum atomic E-state index is 12.4. The van der Waals surface area contributed by atoms with Crippen LogP contribution in [0.2, 0.25) is 5.02 Å². The number of carbonyl (C=O) groups is 1. The molecule has 0 saturated carbocycles. The fourth-order valence-electron chi connectivity index (χ4n) is 1.53. The van der Waals surface area contributed by atoms with E-state index in [4.69, 9.17) is 16.7 Å². The zero-order valence-corrected chi connectivity index (χ0v) is 14.4. The Hall–Kier alpha value is -0.630. The molecule has 1 rings (SSSR count). The molecule has 8 heteroatoms. The van der Waals surface area contributed by atoms with Gasteiger partial charge in [-0.2, -0.15) is 4.31 Å². The number of rotatable bonds is 5. The van der Waals surface area contributed by atoms with Crippen molar-refractivity contribution in [3.05, 3.63) is 27.2 Å². The van der Waals surface area contributed by atoms with Crippen LogP contribution in [-0.2, 0) is 10.0 Å². The zero-order valence-electron chi connectivity index (χ0n) is 11.2. The highest BCUT2D eigenvalue weighted by Crippen LogP contribution is 2.31. The van der Waals surface area contributed by atoms with Gasteiger partial charge < -0.3 is 5.11 Å². The smallest absolute Gasteiger partial charge is 0.337 e. The van der Waals surface area contributed by atoms with Crippen LogP contribution >= 0.6 is 27.5 Å². The van der Waals surface area contributed by atoms with Gasteiger partial charge >= 0.3 is 5.97 Å². The van der Waals surface area contributed by atoms with Crippen LogP contribution in [0.1, 0.15) is 30.6 Å². The van der Waals surface area contributed by atoms with Crippen LogP contribution in [0.15, 0.2) is 21.5 Å². The van der Waals surface area contributed by atoms with Crippen molar-refractivity contribution in [2.45, 2.75) is 31.2 Å². The first kappa shape index (κ1) is 17.4. The SMILES string of the molecule is CCC(C)N(C)S(=O)(=O)c1cc(Br)c(Cl)c(C(=O)O)c1. The molecule has 0 spiro atoms. The van der Waals surface area contributed by atoms with E-state index < -0.39 is 16.0 Å². The number of carboxylic acids is 1. The van der Waals surface area contributed by atoms with E-state index in [1.54, 1.807) is 6.92 Å². The number of hydrogen-bond acceptors (Lipinski definition) is 3. The van der Waals surface area contributed by atoms with Crippen LogP contribution in [0, 0.1) is 0 Å². The zero-order chi connectivity index (χ0) is 15.7. The first-order valence-corrected chi connectivity index (χ1v) is 8.44. The molecule has 1 atom stereocenters. The molecule has 20 heavy (non-hydrogen) atoms. The fourth-order valence-corrected chi connectivity index (χ4v) is 3.82. The van der Waals surface area contributed by atoms with Crippen LogP contribution < -0.4 is 0 Å². The van der Waals surface area contributed by atoms with Crippen molar-refractivity contribution in [1.29, 1.82) is 0 Å². The summed E-state index contributed by atoms with van der Waals surface area (Å²) < 4.78 is 26.3. The molecule has 112 valence electrons. The summed E-state index contributed by atoms with van der Waals surface area (Å²) in [6.45, 7) is 3.65. The van der Waals surface area contributed by atoms with Gasteiger partial charge in [0, 0.05) is 17.6 Å². The van der Waals surface area contributed by atoms with E-state index in [2.05, 4.69) is 15.9 Å². The van der Waals surface area contributed by atoms with Crippen molar-refractivity contribution in [3.8, 4) is 0 Å². The van der Waals surface area contributed by atoms with Crippen LogP contribution in [0.5, 0.6) is 0 Å². The Morgan fingerprint density at radius 3 is 2.50 bits per heavy atom. The molecule has 1 unspecified atom stereocenters. The summed E-state index contributed by atoms with van der Waals surface area (Å²) >= 11 is 8.93. The summed E-state index contributed by atoms with van der Waals surface area (Å²) in [5.41, 5.74) is -0.253. The Morgan fingerprint density at radius 2 is 2.05 bits per heavy atom. The number of carboxylic acid groups (broad SMARTS) is 1. The molecular formula is C12H15BrClNO4S. The van der Waals surface area contributed by atoms with Crippen LogP contribution in [0.3, 0.4) is 0 Å². The lowest BCUT2D eigenvalue weighted by molar-refractivity contribution is 0.0696. The van der Waals surface area contributed by atoms with Crippen molar-refractivity contribution in [3.63, 3.8) is 0 Å². The van der Waals surface area contributed by atoms with Crippen LogP contribution in [-0.4, -0.2) is 36.9 Å². The van der Waals surface area contributed by atoms with E-state index in [1.165, 1.54) is 17.4 Å². The van der Waals surface area contributed by atoms with Crippen LogP contribution in [0.25, 0.3) is 0 Å². The van der Waals surface area contributed by atoms with E-state index in [1.807, 2.05) is 6.92 Å². The first-order chi connectivity index (χ1) is 9.12. The molecule has 1 N–H and O–H groups in total. The molecule has 0 saturated heterocycles. The Bertz CT molecular complexity index is 633. The summed E-state index contributed by atoms with van der Waals surface area (Å²) in [4.78, 5) is 11.0. The van der Waals surface area contributed by atoms with E-state index in [-0.39, 0.29) is 26.0 Å². The first-order valence-electron chi connectivity index (χ1n) is 5.83. The number of benzene rings is 1. The van der Waals surface area contributed by atoms with E-state index in [0.717, 1.165) is 6.07 Å². The number of halogens is 2. The predicted octanol–water partition coefficient (Wildman–Crippen LogP) is 3.22. The lowest BCUT2D eigenvalue weighted by Gasteiger charge is -2.23. The van der Waals surface area contributed by atoms with Gasteiger partial charge in [0.05, 0.1) is 15.5 Å². The topological polar surface area (TPSA) is 74.7 Å². The predicted molar refractivity (Wildman–Crippen MR) is 80.8 cm³/mol. The van der Waals surface area contributed by atoms with E-state index in [9.17, 15) is 13.2 Å². The summed E-state index contributed by atoms with van der Waals surface area (Å²) in [6, 6.07) is 2.19. The van der Waals surface area contributed by atoms with Gasteiger partial charge in [-0.15, -0.1) is 0 Å². The molecule has 0 fully saturated rings. The second kappa shape index (κ2) is 6.43. The quantitative estimate of drug-likeness (QED) is 0.846.